The molecule has 1 N–H and O–H groups in total. The van der Waals surface area contributed by atoms with E-state index in [4.69, 9.17) is 0 Å². The molecule has 0 aromatic carbocycles. The molecular formula is C10H16BrN3S. The molecule has 0 aliphatic carbocycles. The maximum absolute atomic E-state index is 4.39. The lowest BCUT2D eigenvalue weighted by atomic mass is 10.4. The van der Waals surface area contributed by atoms with Crippen LogP contribution in [0.15, 0.2) is 10.7 Å². The van der Waals surface area contributed by atoms with Crippen LogP contribution < -0.4 is 5.32 Å². The molecule has 0 bridgehead atoms. The van der Waals surface area contributed by atoms with Crippen molar-refractivity contribution in [2.24, 2.45) is 0 Å². The maximum atomic E-state index is 4.39. The highest BCUT2D eigenvalue weighted by molar-refractivity contribution is 9.10. The van der Waals surface area contributed by atoms with Gasteiger partial charge in [-0.15, -0.1) is 0 Å². The van der Waals surface area contributed by atoms with Crippen molar-refractivity contribution >= 4 is 33.5 Å². The number of hydrogen-bond acceptors (Lipinski definition) is 4. The average Bonchev–Trinajstić information content (AvgIpc) is 2.23. The first kappa shape index (κ1) is 12.8. The van der Waals surface area contributed by atoms with Crippen molar-refractivity contribution < 1.29 is 0 Å². The van der Waals surface area contributed by atoms with Gasteiger partial charge in [0.1, 0.15) is 16.2 Å². The Balaban J connectivity index is 2.49. The molecule has 1 rings (SSSR count). The zero-order valence-electron chi connectivity index (χ0n) is 9.09. The minimum Gasteiger partial charge on any atom is -0.370 e. The van der Waals surface area contributed by atoms with Crippen molar-refractivity contribution in [2.45, 2.75) is 19.8 Å². The number of rotatable bonds is 6. The molecule has 15 heavy (non-hydrogen) atoms. The van der Waals surface area contributed by atoms with Crippen LogP contribution in [0.2, 0.25) is 0 Å². The number of hydrogen-bond donors (Lipinski definition) is 1. The first-order chi connectivity index (χ1) is 7.26. The molecule has 0 amide bonds. The fraction of sp³-hybridized carbons (Fsp3) is 0.600. The largest absolute Gasteiger partial charge is 0.370 e. The standard InChI is InChI=1S/C10H16BrN3S/c1-3-9-13-8(11)7-10(14-9)12-5-4-6-15-2/h7H,3-6H2,1-2H3,(H,12,13,14). The van der Waals surface area contributed by atoms with Crippen LogP contribution in [0, 0.1) is 0 Å². The summed E-state index contributed by atoms with van der Waals surface area (Å²) in [6.45, 7) is 3.02. The van der Waals surface area contributed by atoms with Gasteiger partial charge in [0.25, 0.3) is 0 Å². The van der Waals surface area contributed by atoms with E-state index in [1.54, 1.807) is 0 Å². The van der Waals surface area contributed by atoms with Gasteiger partial charge < -0.3 is 5.32 Å². The molecule has 84 valence electrons. The molecule has 0 spiro atoms. The van der Waals surface area contributed by atoms with Crippen LogP contribution in [0.3, 0.4) is 0 Å². The Morgan fingerprint density at radius 3 is 2.93 bits per heavy atom. The molecule has 0 aliphatic heterocycles. The summed E-state index contributed by atoms with van der Waals surface area (Å²) in [4.78, 5) is 8.65. The Hall–Kier alpha value is -0.290. The number of nitrogens with one attached hydrogen (secondary N) is 1. The third-order valence-electron chi connectivity index (χ3n) is 1.89. The van der Waals surface area contributed by atoms with Gasteiger partial charge in [0.2, 0.25) is 0 Å². The molecule has 3 nitrogen and oxygen atoms in total. The van der Waals surface area contributed by atoms with Crippen LogP contribution in [0.1, 0.15) is 19.2 Å². The van der Waals surface area contributed by atoms with Crippen molar-refractivity contribution in [3.8, 4) is 0 Å². The Bertz CT molecular complexity index is 307. The molecule has 0 radical (unpaired) electrons. The van der Waals surface area contributed by atoms with Crippen molar-refractivity contribution in [1.82, 2.24) is 9.97 Å². The Kier molecular flexibility index (Phi) is 6.02. The quantitative estimate of drug-likeness (QED) is 0.645. The predicted octanol–water partition coefficient (Wildman–Crippen LogP) is 2.97. The number of halogens is 1. The molecule has 0 saturated carbocycles. The van der Waals surface area contributed by atoms with E-state index in [1.165, 1.54) is 5.75 Å². The van der Waals surface area contributed by atoms with E-state index in [1.807, 2.05) is 17.8 Å². The molecule has 0 unspecified atom stereocenters. The van der Waals surface area contributed by atoms with Gasteiger partial charge in [0.05, 0.1) is 0 Å². The van der Waals surface area contributed by atoms with Crippen LogP contribution in [-0.4, -0.2) is 28.5 Å². The molecule has 0 aliphatic rings. The van der Waals surface area contributed by atoms with Gasteiger partial charge in [-0.3, -0.25) is 0 Å². The van der Waals surface area contributed by atoms with Gasteiger partial charge in [0.15, 0.2) is 0 Å². The summed E-state index contributed by atoms with van der Waals surface area (Å²) in [5.41, 5.74) is 0. The van der Waals surface area contributed by atoms with Gasteiger partial charge in [-0.2, -0.15) is 11.8 Å². The molecule has 5 heteroatoms. The Morgan fingerprint density at radius 2 is 2.27 bits per heavy atom. The second-order valence-electron chi connectivity index (χ2n) is 3.12. The first-order valence-corrected chi connectivity index (χ1v) is 7.21. The van der Waals surface area contributed by atoms with E-state index in [2.05, 4.69) is 44.4 Å². The van der Waals surface area contributed by atoms with Gasteiger partial charge in [-0.1, -0.05) is 6.92 Å². The smallest absolute Gasteiger partial charge is 0.131 e. The second kappa shape index (κ2) is 7.06. The van der Waals surface area contributed by atoms with E-state index in [-0.39, 0.29) is 0 Å². The lowest BCUT2D eigenvalue weighted by molar-refractivity contribution is 0.911. The van der Waals surface area contributed by atoms with Gasteiger partial charge >= 0.3 is 0 Å². The molecule has 0 saturated heterocycles. The summed E-state index contributed by atoms with van der Waals surface area (Å²) in [6.07, 6.45) is 4.14. The van der Waals surface area contributed by atoms with Crippen molar-refractivity contribution in [3.05, 3.63) is 16.5 Å². The number of thioether (sulfide) groups is 1. The number of nitrogens with zero attached hydrogens (tertiary/aromatic N) is 2. The fourth-order valence-electron chi connectivity index (χ4n) is 1.15. The van der Waals surface area contributed by atoms with Crippen LogP contribution in [0.5, 0.6) is 0 Å². The predicted molar refractivity (Wildman–Crippen MR) is 70.6 cm³/mol. The van der Waals surface area contributed by atoms with Gasteiger partial charge in [-0.25, -0.2) is 9.97 Å². The van der Waals surface area contributed by atoms with Crippen LogP contribution in [0.4, 0.5) is 5.82 Å². The minimum atomic E-state index is 0.849. The molecule has 1 aromatic heterocycles. The normalized spacial score (nSPS) is 10.3. The van der Waals surface area contributed by atoms with Gasteiger partial charge in [-0.05, 0) is 34.4 Å². The SMILES string of the molecule is CCc1nc(Br)cc(NCCCSC)n1. The lowest BCUT2D eigenvalue weighted by Crippen LogP contribution is -2.06. The summed E-state index contributed by atoms with van der Waals surface area (Å²) >= 11 is 5.25. The molecule has 1 aromatic rings. The zero-order valence-corrected chi connectivity index (χ0v) is 11.5. The average molecular weight is 290 g/mol. The highest BCUT2D eigenvalue weighted by Crippen LogP contribution is 2.12. The topological polar surface area (TPSA) is 37.8 Å². The van der Waals surface area contributed by atoms with E-state index < -0.39 is 0 Å². The highest BCUT2D eigenvalue weighted by Gasteiger charge is 2.00. The Labute approximate surface area is 104 Å². The number of anilines is 1. The Morgan fingerprint density at radius 1 is 1.47 bits per heavy atom. The highest BCUT2D eigenvalue weighted by atomic mass is 79.9. The summed E-state index contributed by atoms with van der Waals surface area (Å²) < 4.78 is 0.849. The number of aryl methyl sites for hydroxylation is 1. The summed E-state index contributed by atoms with van der Waals surface area (Å²) in [5.74, 6) is 2.96. The minimum absolute atomic E-state index is 0.849. The number of aromatic nitrogens is 2. The molecule has 0 fully saturated rings. The summed E-state index contributed by atoms with van der Waals surface area (Å²) in [5, 5.41) is 3.30. The van der Waals surface area contributed by atoms with E-state index >= 15 is 0 Å². The van der Waals surface area contributed by atoms with Gasteiger partial charge in [0, 0.05) is 19.0 Å². The van der Waals surface area contributed by atoms with E-state index in [0.717, 1.165) is 35.6 Å². The van der Waals surface area contributed by atoms with Crippen molar-refractivity contribution in [2.75, 3.05) is 23.9 Å². The van der Waals surface area contributed by atoms with Crippen molar-refractivity contribution in [1.29, 1.82) is 0 Å². The van der Waals surface area contributed by atoms with Crippen molar-refractivity contribution in [3.63, 3.8) is 0 Å². The molecule has 1 heterocycles. The molecular weight excluding hydrogens is 274 g/mol. The van der Waals surface area contributed by atoms with E-state index in [0.29, 0.717) is 0 Å². The van der Waals surface area contributed by atoms with E-state index in [9.17, 15) is 0 Å². The van der Waals surface area contributed by atoms with Crippen LogP contribution in [0.25, 0.3) is 0 Å². The zero-order chi connectivity index (χ0) is 11.1. The first-order valence-electron chi connectivity index (χ1n) is 5.02. The maximum Gasteiger partial charge on any atom is 0.131 e. The molecule has 0 atom stereocenters. The third-order valence-corrected chi connectivity index (χ3v) is 2.99. The second-order valence-corrected chi connectivity index (χ2v) is 4.92. The van der Waals surface area contributed by atoms with Crippen LogP contribution in [-0.2, 0) is 6.42 Å². The monoisotopic (exact) mass is 289 g/mol. The summed E-state index contributed by atoms with van der Waals surface area (Å²) in [7, 11) is 0. The lowest BCUT2D eigenvalue weighted by Gasteiger charge is -2.06. The third kappa shape index (κ3) is 4.84. The fourth-order valence-corrected chi connectivity index (χ4v) is 2.00. The summed E-state index contributed by atoms with van der Waals surface area (Å²) in [6, 6.07) is 1.91. The van der Waals surface area contributed by atoms with Crippen LogP contribution >= 0.6 is 27.7 Å².